The lowest BCUT2D eigenvalue weighted by Crippen LogP contribution is -2.30. The maximum Gasteiger partial charge on any atom is 0.301 e. The molecule has 8 heteroatoms. The van der Waals surface area contributed by atoms with Gasteiger partial charge in [-0.1, -0.05) is 30.3 Å². The number of aliphatic hydroxyl groups is 1. The Kier molecular flexibility index (Phi) is 5.77. The predicted octanol–water partition coefficient (Wildman–Crippen LogP) is 4.54. The van der Waals surface area contributed by atoms with Crippen molar-refractivity contribution >= 4 is 23.3 Å². The summed E-state index contributed by atoms with van der Waals surface area (Å²) in [7, 11) is 0. The van der Waals surface area contributed by atoms with Crippen molar-refractivity contribution in [2.45, 2.75) is 26.3 Å². The van der Waals surface area contributed by atoms with Crippen LogP contribution in [-0.2, 0) is 9.59 Å². The number of ether oxygens (including phenoxy) is 1. The lowest BCUT2D eigenvalue weighted by atomic mass is 9.95. The van der Waals surface area contributed by atoms with Crippen molar-refractivity contribution in [2.75, 3.05) is 11.5 Å². The smallest absolute Gasteiger partial charge is 0.301 e. The van der Waals surface area contributed by atoms with Crippen LogP contribution in [0.2, 0.25) is 0 Å². The first-order valence-electron chi connectivity index (χ1n) is 10.1. The number of carbonyl (C=O) groups excluding carboxylic acids is 2. The first kappa shape index (κ1) is 21.3. The van der Waals surface area contributed by atoms with Gasteiger partial charge in [-0.05, 0) is 43.7 Å². The quantitative estimate of drug-likeness (QED) is 0.347. The molecule has 32 heavy (non-hydrogen) atoms. The zero-order valence-electron chi connectivity index (χ0n) is 17.5. The minimum atomic E-state index is -1.21. The highest BCUT2D eigenvalue weighted by atomic mass is 19.1. The first-order chi connectivity index (χ1) is 15.4. The molecule has 0 saturated carbocycles. The van der Waals surface area contributed by atoms with Crippen LogP contribution in [0.3, 0.4) is 0 Å². The van der Waals surface area contributed by atoms with Gasteiger partial charge in [-0.2, -0.15) is 0 Å². The fourth-order valence-electron chi connectivity index (χ4n) is 3.61. The molecule has 0 bridgehead atoms. The van der Waals surface area contributed by atoms with E-state index in [0.29, 0.717) is 23.7 Å². The Morgan fingerprint density at radius 2 is 1.91 bits per heavy atom. The maximum atomic E-state index is 14.8. The van der Waals surface area contributed by atoms with Crippen LogP contribution in [0, 0.1) is 12.7 Å². The zero-order chi connectivity index (χ0) is 22.8. The van der Waals surface area contributed by atoms with E-state index in [1.807, 2.05) is 6.92 Å². The number of carbonyl (C=O) groups is 2. The minimum absolute atomic E-state index is 0.0526. The topological polar surface area (TPSA) is 92.9 Å². The van der Waals surface area contributed by atoms with E-state index in [0.717, 1.165) is 11.3 Å². The van der Waals surface area contributed by atoms with Crippen LogP contribution in [-0.4, -0.2) is 28.6 Å². The molecule has 1 fully saturated rings. The Balaban J connectivity index is 1.86. The first-order valence-corrected chi connectivity index (χ1v) is 10.1. The van der Waals surface area contributed by atoms with Gasteiger partial charge in [0.1, 0.15) is 23.1 Å². The summed E-state index contributed by atoms with van der Waals surface area (Å²) in [6.07, 6.45) is 0.843. The molecule has 1 amide bonds. The van der Waals surface area contributed by atoms with Crippen LogP contribution in [0.15, 0.2) is 64.7 Å². The minimum Gasteiger partial charge on any atom is -0.507 e. The van der Waals surface area contributed by atoms with E-state index in [4.69, 9.17) is 9.26 Å². The summed E-state index contributed by atoms with van der Waals surface area (Å²) in [6.45, 7) is 4.16. The number of Topliss-reactive ketones (excluding diaryl/α,β-unsaturated/α-hetero) is 1. The van der Waals surface area contributed by atoms with E-state index in [-0.39, 0.29) is 17.0 Å². The average Bonchev–Trinajstić information content (AvgIpc) is 3.33. The summed E-state index contributed by atoms with van der Waals surface area (Å²) in [5.74, 6) is -1.84. The van der Waals surface area contributed by atoms with E-state index < -0.39 is 29.3 Å². The number of ketones is 1. The molecule has 1 atom stereocenters. The Labute approximate surface area is 183 Å². The molecule has 1 unspecified atom stereocenters. The fourth-order valence-corrected chi connectivity index (χ4v) is 3.61. The average molecular weight is 436 g/mol. The summed E-state index contributed by atoms with van der Waals surface area (Å²) < 4.78 is 25.4. The molecule has 1 aliphatic rings. The number of aromatic nitrogens is 1. The third-order valence-electron chi connectivity index (χ3n) is 5.11. The molecule has 0 spiro atoms. The number of amides is 1. The van der Waals surface area contributed by atoms with Gasteiger partial charge < -0.3 is 14.4 Å². The van der Waals surface area contributed by atoms with Gasteiger partial charge in [0.25, 0.3) is 5.78 Å². The van der Waals surface area contributed by atoms with Crippen LogP contribution in [0.4, 0.5) is 10.2 Å². The SMILES string of the molecule is CCCOc1ccc(C(O)=C2C(=O)C(=O)N(c3cc(C)on3)C2c2ccccc2F)cc1. The Morgan fingerprint density at radius 3 is 2.53 bits per heavy atom. The van der Waals surface area contributed by atoms with Gasteiger partial charge in [-0.25, -0.2) is 4.39 Å². The largest absolute Gasteiger partial charge is 0.507 e. The number of hydrogen-bond donors (Lipinski definition) is 1. The van der Waals surface area contributed by atoms with Gasteiger partial charge in [-0.3, -0.25) is 14.5 Å². The number of nitrogens with zero attached hydrogens (tertiary/aromatic N) is 2. The van der Waals surface area contributed by atoms with Gasteiger partial charge in [0.05, 0.1) is 18.2 Å². The van der Waals surface area contributed by atoms with Crippen molar-refractivity contribution in [2.24, 2.45) is 0 Å². The summed E-state index contributed by atoms with van der Waals surface area (Å²) in [6, 6.07) is 12.5. The van der Waals surface area contributed by atoms with Crippen molar-refractivity contribution in [1.29, 1.82) is 0 Å². The monoisotopic (exact) mass is 436 g/mol. The lowest BCUT2D eigenvalue weighted by Gasteiger charge is -2.23. The predicted molar refractivity (Wildman–Crippen MR) is 115 cm³/mol. The molecule has 1 N–H and O–H groups in total. The highest BCUT2D eigenvalue weighted by Crippen LogP contribution is 2.42. The summed E-state index contributed by atoms with van der Waals surface area (Å²) in [5, 5.41) is 14.9. The van der Waals surface area contributed by atoms with Crippen LogP contribution >= 0.6 is 0 Å². The van der Waals surface area contributed by atoms with Gasteiger partial charge in [0.15, 0.2) is 5.82 Å². The lowest BCUT2D eigenvalue weighted by molar-refractivity contribution is -0.132. The molecular formula is C24H21FN2O5. The molecule has 164 valence electrons. The van der Waals surface area contributed by atoms with E-state index >= 15 is 0 Å². The van der Waals surface area contributed by atoms with Crippen molar-refractivity contribution < 1.29 is 28.3 Å². The third-order valence-corrected chi connectivity index (χ3v) is 5.11. The van der Waals surface area contributed by atoms with Crippen LogP contribution < -0.4 is 9.64 Å². The van der Waals surface area contributed by atoms with Gasteiger partial charge in [-0.15, -0.1) is 0 Å². The van der Waals surface area contributed by atoms with Gasteiger partial charge in [0, 0.05) is 17.2 Å². The highest BCUT2D eigenvalue weighted by Gasteiger charge is 2.48. The Hall–Kier alpha value is -3.94. The second-order valence-corrected chi connectivity index (χ2v) is 7.36. The number of halogens is 1. The molecule has 0 radical (unpaired) electrons. The van der Waals surface area contributed by atoms with Crippen molar-refractivity contribution in [3.63, 3.8) is 0 Å². The maximum absolute atomic E-state index is 14.8. The fraction of sp³-hybridized carbons (Fsp3) is 0.208. The molecular weight excluding hydrogens is 415 g/mol. The van der Waals surface area contributed by atoms with Gasteiger partial charge >= 0.3 is 5.91 Å². The third kappa shape index (κ3) is 3.75. The second-order valence-electron chi connectivity index (χ2n) is 7.36. The number of benzene rings is 2. The van der Waals surface area contributed by atoms with E-state index in [9.17, 15) is 19.1 Å². The number of anilines is 1. The molecule has 1 aromatic heterocycles. The molecule has 4 rings (SSSR count). The Morgan fingerprint density at radius 1 is 1.19 bits per heavy atom. The molecule has 7 nitrogen and oxygen atoms in total. The number of aryl methyl sites for hydroxylation is 1. The van der Waals surface area contributed by atoms with Gasteiger partial charge in [0.2, 0.25) is 0 Å². The molecule has 2 aromatic carbocycles. The summed E-state index contributed by atoms with van der Waals surface area (Å²) in [5.41, 5.74) is 0.115. The number of aliphatic hydroxyl groups excluding tert-OH is 1. The van der Waals surface area contributed by atoms with Crippen molar-refractivity contribution in [1.82, 2.24) is 5.16 Å². The summed E-state index contributed by atoms with van der Waals surface area (Å²) in [4.78, 5) is 27.0. The van der Waals surface area contributed by atoms with E-state index in [1.54, 1.807) is 37.3 Å². The second kappa shape index (κ2) is 8.66. The molecule has 2 heterocycles. The molecule has 1 aliphatic heterocycles. The molecule has 0 aliphatic carbocycles. The van der Waals surface area contributed by atoms with Crippen LogP contribution in [0.1, 0.15) is 36.3 Å². The van der Waals surface area contributed by atoms with E-state index in [1.165, 1.54) is 24.3 Å². The number of hydrogen-bond acceptors (Lipinski definition) is 6. The molecule has 1 saturated heterocycles. The van der Waals surface area contributed by atoms with Crippen molar-refractivity contribution in [3.05, 3.63) is 82.9 Å². The van der Waals surface area contributed by atoms with Crippen LogP contribution in [0.25, 0.3) is 5.76 Å². The zero-order valence-corrected chi connectivity index (χ0v) is 17.5. The Bertz CT molecular complexity index is 1200. The molecule has 3 aromatic rings. The van der Waals surface area contributed by atoms with Crippen molar-refractivity contribution in [3.8, 4) is 5.75 Å². The summed E-state index contributed by atoms with van der Waals surface area (Å²) >= 11 is 0. The standard InChI is InChI=1S/C24H21FN2O5/c1-3-12-31-16-10-8-15(9-11-16)22(28)20-21(17-6-4-5-7-18(17)25)27(24(30)23(20)29)19-13-14(2)32-26-19/h4-11,13,21,28H,3,12H2,1-2H3. The highest BCUT2D eigenvalue weighted by molar-refractivity contribution is 6.51. The van der Waals surface area contributed by atoms with E-state index in [2.05, 4.69) is 5.16 Å². The normalized spacial score (nSPS) is 17.7. The van der Waals surface area contributed by atoms with Crippen LogP contribution in [0.5, 0.6) is 5.75 Å². The number of rotatable bonds is 6.